The Balaban J connectivity index is 2.48. The van der Waals surface area contributed by atoms with Crippen LogP contribution < -0.4 is 5.32 Å². The van der Waals surface area contributed by atoms with Gasteiger partial charge in [0, 0.05) is 12.7 Å². The molecule has 1 fully saturated rings. The Bertz CT molecular complexity index is 438. The van der Waals surface area contributed by atoms with E-state index in [4.69, 9.17) is 4.74 Å². The summed E-state index contributed by atoms with van der Waals surface area (Å²) < 4.78 is 33.7. The molecule has 0 heterocycles. The summed E-state index contributed by atoms with van der Waals surface area (Å²) in [5, 5.41) is 3.02. The number of aryl methyl sites for hydroxylation is 1. The fourth-order valence-corrected chi connectivity index (χ4v) is 2.75. The average molecular weight is 255 g/mol. The molecule has 1 N–H and O–H groups in total. The second-order valence-electron chi connectivity index (χ2n) is 4.94. The Morgan fingerprint density at radius 3 is 2.44 bits per heavy atom. The SMILES string of the molecule is CNC(c1c(F)ccc(C)c1F)C1(OC)CCC1. The van der Waals surface area contributed by atoms with Gasteiger partial charge in [0.15, 0.2) is 0 Å². The zero-order chi connectivity index (χ0) is 13.3. The first-order chi connectivity index (χ1) is 8.55. The topological polar surface area (TPSA) is 21.3 Å². The van der Waals surface area contributed by atoms with Gasteiger partial charge in [0.05, 0.1) is 11.6 Å². The highest BCUT2D eigenvalue weighted by atomic mass is 19.1. The van der Waals surface area contributed by atoms with Crippen molar-refractivity contribution in [2.24, 2.45) is 0 Å². The number of likely N-dealkylation sites (N-methyl/N-ethyl adjacent to an activating group) is 1. The molecular weight excluding hydrogens is 236 g/mol. The summed E-state index contributed by atoms with van der Waals surface area (Å²) in [6, 6.07) is 2.33. The lowest BCUT2D eigenvalue weighted by Gasteiger charge is -2.46. The van der Waals surface area contributed by atoms with Crippen LogP contribution in [-0.2, 0) is 4.74 Å². The van der Waals surface area contributed by atoms with Crippen molar-refractivity contribution in [2.75, 3.05) is 14.2 Å². The van der Waals surface area contributed by atoms with Crippen molar-refractivity contribution in [3.05, 3.63) is 34.9 Å². The van der Waals surface area contributed by atoms with Crippen LogP contribution >= 0.6 is 0 Å². The largest absolute Gasteiger partial charge is 0.376 e. The van der Waals surface area contributed by atoms with Crippen LogP contribution in [0.1, 0.15) is 36.4 Å². The maximum atomic E-state index is 14.2. The molecular formula is C14H19F2NO. The van der Waals surface area contributed by atoms with Gasteiger partial charge in [-0.05, 0) is 44.9 Å². The van der Waals surface area contributed by atoms with Crippen LogP contribution in [0.5, 0.6) is 0 Å². The number of halogens is 2. The standard InChI is InChI=1S/C14H19F2NO/c1-9-5-6-10(15)11(12(9)16)13(17-2)14(18-3)7-4-8-14/h5-6,13,17H,4,7-8H2,1-3H3. The van der Waals surface area contributed by atoms with Gasteiger partial charge in [0.25, 0.3) is 0 Å². The zero-order valence-electron chi connectivity index (χ0n) is 11.0. The van der Waals surface area contributed by atoms with Crippen LogP contribution in [0.3, 0.4) is 0 Å². The zero-order valence-corrected chi connectivity index (χ0v) is 11.0. The van der Waals surface area contributed by atoms with Gasteiger partial charge in [0.1, 0.15) is 11.6 Å². The first-order valence-corrected chi connectivity index (χ1v) is 6.22. The maximum Gasteiger partial charge on any atom is 0.133 e. The molecule has 0 saturated heterocycles. The Morgan fingerprint density at radius 1 is 1.33 bits per heavy atom. The van der Waals surface area contributed by atoms with Crippen molar-refractivity contribution in [1.82, 2.24) is 5.32 Å². The first kappa shape index (κ1) is 13.4. The Morgan fingerprint density at radius 2 is 2.00 bits per heavy atom. The number of methoxy groups -OCH3 is 1. The van der Waals surface area contributed by atoms with Gasteiger partial charge >= 0.3 is 0 Å². The van der Waals surface area contributed by atoms with E-state index in [0.717, 1.165) is 19.3 Å². The quantitative estimate of drug-likeness (QED) is 0.892. The van der Waals surface area contributed by atoms with Crippen molar-refractivity contribution in [3.8, 4) is 0 Å². The van der Waals surface area contributed by atoms with Gasteiger partial charge in [-0.25, -0.2) is 8.78 Å². The lowest BCUT2D eigenvalue weighted by atomic mass is 9.72. The van der Waals surface area contributed by atoms with Crippen LogP contribution in [0, 0.1) is 18.6 Å². The molecule has 0 radical (unpaired) electrons. The minimum atomic E-state index is -0.513. The Hall–Kier alpha value is -1.00. The number of hydrogen-bond donors (Lipinski definition) is 1. The van der Waals surface area contributed by atoms with E-state index >= 15 is 0 Å². The molecule has 0 amide bonds. The summed E-state index contributed by atoms with van der Waals surface area (Å²) in [7, 11) is 3.32. The molecule has 1 saturated carbocycles. The van der Waals surface area contributed by atoms with Crippen molar-refractivity contribution in [1.29, 1.82) is 0 Å². The molecule has 0 aliphatic heterocycles. The predicted molar refractivity (Wildman–Crippen MR) is 66.5 cm³/mol. The average Bonchev–Trinajstić information content (AvgIpc) is 2.31. The van der Waals surface area contributed by atoms with Gasteiger partial charge < -0.3 is 10.1 Å². The summed E-state index contributed by atoms with van der Waals surface area (Å²) in [5.41, 5.74) is 0.0702. The highest BCUT2D eigenvalue weighted by molar-refractivity contribution is 5.32. The van der Waals surface area contributed by atoms with E-state index < -0.39 is 23.3 Å². The van der Waals surface area contributed by atoms with Crippen molar-refractivity contribution in [3.63, 3.8) is 0 Å². The van der Waals surface area contributed by atoms with Crippen LogP contribution in [0.2, 0.25) is 0 Å². The van der Waals surface area contributed by atoms with E-state index in [2.05, 4.69) is 5.32 Å². The number of nitrogens with one attached hydrogen (secondary N) is 1. The van der Waals surface area contributed by atoms with Crippen molar-refractivity contribution in [2.45, 2.75) is 37.8 Å². The number of benzene rings is 1. The van der Waals surface area contributed by atoms with E-state index in [0.29, 0.717) is 5.56 Å². The highest BCUT2D eigenvalue weighted by Gasteiger charge is 2.46. The number of hydrogen-bond acceptors (Lipinski definition) is 2. The van der Waals surface area contributed by atoms with E-state index in [1.54, 1.807) is 21.1 Å². The van der Waals surface area contributed by atoms with E-state index in [1.165, 1.54) is 12.1 Å². The van der Waals surface area contributed by atoms with E-state index in [9.17, 15) is 8.78 Å². The van der Waals surface area contributed by atoms with Crippen molar-refractivity contribution >= 4 is 0 Å². The molecule has 1 atom stereocenters. The molecule has 0 bridgehead atoms. The van der Waals surface area contributed by atoms with Crippen LogP contribution in [0.25, 0.3) is 0 Å². The second-order valence-corrected chi connectivity index (χ2v) is 4.94. The minimum absolute atomic E-state index is 0.0963. The molecule has 2 rings (SSSR count). The molecule has 0 aromatic heterocycles. The molecule has 1 aromatic rings. The summed E-state index contributed by atoms with van der Waals surface area (Å²) in [6.45, 7) is 1.64. The molecule has 2 nitrogen and oxygen atoms in total. The molecule has 18 heavy (non-hydrogen) atoms. The lowest BCUT2D eigenvalue weighted by Crippen LogP contribution is -2.50. The van der Waals surface area contributed by atoms with E-state index in [1.807, 2.05) is 0 Å². The van der Waals surface area contributed by atoms with Gasteiger partial charge in [-0.15, -0.1) is 0 Å². The number of ether oxygens (including phenoxy) is 1. The molecule has 0 spiro atoms. The summed E-state index contributed by atoms with van der Waals surface area (Å²) in [6.07, 6.45) is 2.67. The number of rotatable bonds is 4. The van der Waals surface area contributed by atoms with Gasteiger partial charge in [-0.1, -0.05) is 6.07 Å². The smallest absolute Gasteiger partial charge is 0.133 e. The maximum absolute atomic E-state index is 14.2. The fraction of sp³-hybridized carbons (Fsp3) is 0.571. The van der Waals surface area contributed by atoms with Crippen molar-refractivity contribution < 1.29 is 13.5 Å². The first-order valence-electron chi connectivity index (χ1n) is 6.22. The molecule has 4 heteroatoms. The normalized spacial score (nSPS) is 19.4. The molecule has 1 aliphatic carbocycles. The molecule has 1 unspecified atom stereocenters. The third kappa shape index (κ3) is 1.93. The second kappa shape index (κ2) is 4.94. The Kier molecular flexibility index (Phi) is 3.69. The molecule has 1 aliphatic rings. The molecule has 100 valence electrons. The van der Waals surface area contributed by atoms with Gasteiger partial charge in [0.2, 0.25) is 0 Å². The van der Waals surface area contributed by atoms with Crippen LogP contribution in [0.4, 0.5) is 8.78 Å². The highest BCUT2D eigenvalue weighted by Crippen LogP contribution is 2.46. The summed E-state index contributed by atoms with van der Waals surface area (Å²) in [4.78, 5) is 0. The van der Waals surface area contributed by atoms with Gasteiger partial charge in [-0.3, -0.25) is 0 Å². The summed E-state index contributed by atoms with van der Waals surface area (Å²) >= 11 is 0. The third-order valence-corrected chi connectivity index (χ3v) is 4.03. The fourth-order valence-electron chi connectivity index (χ4n) is 2.75. The van der Waals surface area contributed by atoms with E-state index in [-0.39, 0.29) is 5.56 Å². The molecule has 1 aromatic carbocycles. The van der Waals surface area contributed by atoms with Gasteiger partial charge in [-0.2, -0.15) is 0 Å². The van der Waals surface area contributed by atoms with Crippen LogP contribution in [0.15, 0.2) is 12.1 Å². The third-order valence-electron chi connectivity index (χ3n) is 4.03. The lowest BCUT2D eigenvalue weighted by molar-refractivity contribution is -0.0996. The Labute approximate surface area is 106 Å². The summed E-state index contributed by atoms with van der Waals surface area (Å²) in [5.74, 6) is -0.988. The van der Waals surface area contributed by atoms with Crippen LogP contribution in [-0.4, -0.2) is 19.8 Å². The monoisotopic (exact) mass is 255 g/mol. The predicted octanol–water partition coefficient (Wildman–Crippen LogP) is 3.10. The minimum Gasteiger partial charge on any atom is -0.376 e.